The summed E-state index contributed by atoms with van der Waals surface area (Å²) in [6.07, 6.45) is 6.23. The summed E-state index contributed by atoms with van der Waals surface area (Å²) in [7, 11) is 0. The Morgan fingerprint density at radius 1 is 1.53 bits per heavy atom. The molecule has 0 saturated heterocycles. The summed E-state index contributed by atoms with van der Waals surface area (Å²) in [5.41, 5.74) is 1.17. The van der Waals surface area contributed by atoms with Crippen LogP contribution in [-0.2, 0) is 6.42 Å². The van der Waals surface area contributed by atoms with Gasteiger partial charge >= 0.3 is 0 Å². The molecule has 2 aromatic heterocycles. The highest BCUT2D eigenvalue weighted by molar-refractivity contribution is 7.15. The van der Waals surface area contributed by atoms with E-state index in [-0.39, 0.29) is 5.38 Å². The molecule has 82 valence electrons. The molecule has 0 aromatic carbocycles. The second kappa shape index (κ2) is 4.54. The zero-order chi connectivity index (χ0) is 10.8. The van der Waals surface area contributed by atoms with E-state index >= 15 is 0 Å². The molecule has 0 saturated carbocycles. The molecule has 0 aliphatic heterocycles. The molecule has 2 unspecified atom stereocenters. The van der Waals surface area contributed by atoms with E-state index < -0.39 is 0 Å². The number of halogens is 1. The van der Waals surface area contributed by atoms with Crippen molar-refractivity contribution in [2.75, 3.05) is 0 Å². The zero-order valence-corrected chi connectivity index (χ0v) is 10.6. The van der Waals surface area contributed by atoms with Crippen LogP contribution in [0.4, 0.5) is 0 Å². The molecule has 2 rings (SSSR count). The minimum Gasteiger partial charge on any atom is -0.297 e. The van der Waals surface area contributed by atoms with Gasteiger partial charge in [0.1, 0.15) is 0 Å². The lowest BCUT2D eigenvalue weighted by atomic mass is 10.0. The number of hydrogen-bond donors (Lipinski definition) is 0. The van der Waals surface area contributed by atoms with E-state index in [1.54, 1.807) is 11.3 Å². The first-order valence-corrected chi connectivity index (χ1v) is 6.52. The van der Waals surface area contributed by atoms with Crippen molar-refractivity contribution in [3.05, 3.63) is 23.5 Å². The Morgan fingerprint density at radius 2 is 2.33 bits per heavy atom. The van der Waals surface area contributed by atoms with Crippen LogP contribution in [0.1, 0.15) is 26.0 Å². The molecule has 2 atom stereocenters. The number of imidazole rings is 1. The molecule has 2 nitrogen and oxygen atoms in total. The second-order valence-corrected chi connectivity index (χ2v) is 5.77. The maximum atomic E-state index is 5.97. The molecular weight excluding hydrogens is 228 g/mol. The first-order chi connectivity index (χ1) is 7.15. The summed E-state index contributed by atoms with van der Waals surface area (Å²) in [6.45, 7) is 4.27. The molecule has 0 amide bonds. The van der Waals surface area contributed by atoms with E-state index in [0.717, 1.165) is 17.8 Å². The third-order valence-corrected chi connectivity index (χ3v) is 3.38. The fourth-order valence-electron chi connectivity index (χ4n) is 1.87. The lowest BCUT2D eigenvalue weighted by molar-refractivity contribution is 0.522. The van der Waals surface area contributed by atoms with Crippen molar-refractivity contribution in [1.82, 2.24) is 9.38 Å². The minimum atomic E-state index is 0.253. The second-order valence-electron chi connectivity index (χ2n) is 4.15. The van der Waals surface area contributed by atoms with Crippen LogP contribution in [-0.4, -0.2) is 14.8 Å². The van der Waals surface area contributed by atoms with Crippen LogP contribution in [0, 0.1) is 5.92 Å². The summed E-state index contributed by atoms with van der Waals surface area (Å²) >= 11 is 7.65. The lowest BCUT2D eigenvalue weighted by Gasteiger charge is -2.10. The first kappa shape index (κ1) is 11.0. The summed E-state index contributed by atoms with van der Waals surface area (Å²) in [5.74, 6) is 0.599. The average molecular weight is 243 g/mol. The highest BCUT2D eigenvalue weighted by atomic mass is 35.5. The minimum absolute atomic E-state index is 0.253. The molecule has 0 aliphatic carbocycles. The van der Waals surface area contributed by atoms with Crippen LogP contribution in [0.2, 0.25) is 0 Å². The highest BCUT2D eigenvalue weighted by Crippen LogP contribution is 2.18. The van der Waals surface area contributed by atoms with Gasteiger partial charge in [0.25, 0.3) is 0 Å². The summed E-state index contributed by atoms with van der Waals surface area (Å²) < 4.78 is 2.08. The Morgan fingerprint density at radius 3 is 3.00 bits per heavy atom. The Balaban J connectivity index is 2.02. The van der Waals surface area contributed by atoms with Crippen molar-refractivity contribution in [3.8, 4) is 0 Å². The van der Waals surface area contributed by atoms with Crippen LogP contribution in [0.5, 0.6) is 0 Å². The molecule has 2 aromatic rings. The summed E-state index contributed by atoms with van der Waals surface area (Å²) in [4.78, 5) is 5.64. The van der Waals surface area contributed by atoms with Gasteiger partial charge in [-0.2, -0.15) is 0 Å². The van der Waals surface area contributed by atoms with E-state index in [1.807, 2.05) is 13.1 Å². The molecular formula is C11H15ClN2S. The van der Waals surface area contributed by atoms with Gasteiger partial charge in [-0.05, 0) is 25.7 Å². The fourth-order valence-corrected chi connectivity index (χ4v) is 2.89. The fraction of sp³-hybridized carbons (Fsp3) is 0.545. The number of aromatic nitrogens is 2. The smallest absolute Gasteiger partial charge is 0.193 e. The Hall–Kier alpha value is -0.540. The number of fused-ring (bicyclic) bond motifs is 1. The normalized spacial score (nSPS) is 15.7. The number of thiazole rings is 1. The standard InChI is InChI=1S/C11H15ClN2S/c1-8(5-9(2)12)6-10-7-14-3-4-15-11(14)13-10/h3-4,7-9H,5-6H2,1-2H3. The van der Waals surface area contributed by atoms with E-state index in [9.17, 15) is 0 Å². The van der Waals surface area contributed by atoms with Gasteiger partial charge in [-0.3, -0.25) is 4.40 Å². The summed E-state index contributed by atoms with van der Waals surface area (Å²) in [5, 5.41) is 2.31. The molecule has 0 N–H and O–H groups in total. The predicted molar refractivity (Wildman–Crippen MR) is 65.9 cm³/mol. The monoisotopic (exact) mass is 242 g/mol. The van der Waals surface area contributed by atoms with Gasteiger partial charge in [0, 0.05) is 23.2 Å². The Bertz CT molecular complexity index is 404. The van der Waals surface area contributed by atoms with E-state index in [2.05, 4.69) is 27.9 Å². The molecule has 4 heteroatoms. The van der Waals surface area contributed by atoms with E-state index in [0.29, 0.717) is 5.92 Å². The van der Waals surface area contributed by atoms with Gasteiger partial charge in [-0.15, -0.1) is 22.9 Å². The molecule has 0 bridgehead atoms. The van der Waals surface area contributed by atoms with Crippen molar-refractivity contribution < 1.29 is 0 Å². The van der Waals surface area contributed by atoms with Crippen molar-refractivity contribution >= 4 is 27.9 Å². The molecule has 0 aliphatic rings. The molecule has 0 fully saturated rings. The SMILES string of the molecule is CC(Cl)CC(C)Cc1cn2ccsc2n1. The van der Waals surface area contributed by atoms with Crippen molar-refractivity contribution in [3.63, 3.8) is 0 Å². The van der Waals surface area contributed by atoms with Gasteiger partial charge < -0.3 is 0 Å². The Kier molecular flexibility index (Phi) is 3.32. The number of rotatable bonds is 4. The molecule has 2 heterocycles. The zero-order valence-electron chi connectivity index (χ0n) is 8.98. The van der Waals surface area contributed by atoms with E-state index in [1.165, 1.54) is 5.69 Å². The van der Waals surface area contributed by atoms with Gasteiger partial charge in [0.15, 0.2) is 4.96 Å². The van der Waals surface area contributed by atoms with Crippen molar-refractivity contribution in [1.29, 1.82) is 0 Å². The van der Waals surface area contributed by atoms with Gasteiger partial charge in [-0.25, -0.2) is 4.98 Å². The topological polar surface area (TPSA) is 17.3 Å². The van der Waals surface area contributed by atoms with Gasteiger partial charge in [0.05, 0.1) is 5.69 Å². The number of nitrogens with zero attached hydrogens (tertiary/aromatic N) is 2. The Labute approximate surface area is 98.9 Å². The summed E-state index contributed by atoms with van der Waals surface area (Å²) in [6, 6.07) is 0. The highest BCUT2D eigenvalue weighted by Gasteiger charge is 2.10. The predicted octanol–water partition coefficient (Wildman–Crippen LogP) is 3.59. The van der Waals surface area contributed by atoms with E-state index in [4.69, 9.17) is 11.6 Å². The molecule has 0 spiro atoms. The van der Waals surface area contributed by atoms with Crippen LogP contribution < -0.4 is 0 Å². The van der Waals surface area contributed by atoms with Crippen LogP contribution in [0.15, 0.2) is 17.8 Å². The van der Waals surface area contributed by atoms with Gasteiger partial charge in [0.2, 0.25) is 0 Å². The molecule has 15 heavy (non-hydrogen) atoms. The van der Waals surface area contributed by atoms with Crippen LogP contribution >= 0.6 is 22.9 Å². The lowest BCUT2D eigenvalue weighted by Crippen LogP contribution is -2.05. The number of alkyl halides is 1. The van der Waals surface area contributed by atoms with Crippen LogP contribution in [0.25, 0.3) is 4.96 Å². The van der Waals surface area contributed by atoms with Crippen LogP contribution in [0.3, 0.4) is 0 Å². The maximum Gasteiger partial charge on any atom is 0.193 e. The average Bonchev–Trinajstić information content (AvgIpc) is 2.60. The quantitative estimate of drug-likeness (QED) is 0.749. The van der Waals surface area contributed by atoms with Gasteiger partial charge in [-0.1, -0.05) is 6.92 Å². The third-order valence-electron chi connectivity index (χ3n) is 2.43. The third kappa shape index (κ3) is 2.73. The maximum absolute atomic E-state index is 5.97. The largest absolute Gasteiger partial charge is 0.297 e. The molecule has 0 radical (unpaired) electrons. The number of hydrogen-bond acceptors (Lipinski definition) is 2. The van der Waals surface area contributed by atoms with Crippen molar-refractivity contribution in [2.24, 2.45) is 5.92 Å². The van der Waals surface area contributed by atoms with Crippen molar-refractivity contribution in [2.45, 2.75) is 32.1 Å². The first-order valence-electron chi connectivity index (χ1n) is 5.20.